The summed E-state index contributed by atoms with van der Waals surface area (Å²) in [6.07, 6.45) is 0.125. The zero-order valence-corrected chi connectivity index (χ0v) is 12.5. The first-order valence-electron chi connectivity index (χ1n) is 6.81. The average molecular weight is 289 g/mol. The fourth-order valence-corrected chi connectivity index (χ4v) is 1.97. The summed E-state index contributed by atoms with van der Waals surface area (Å²) < 4.78 is 10.00. The Morgan fingerprint density at radius 3 is 2.24 bits per heavy atom. The van der Waals surface area contributed by atoms with E-state index in [0.29, 0.717) is 11.1 Å². The van der Waals surface area contributed by atoms with Crippen molar-refractivity contribution in [3.63, 3.8) is 0 Å². The van der Waals surface area contributed by atoms with Crippen LogP contribution in [0.15, 0.2) is 24.3 Å². The SMILES string of the molecule is CCOC(=O)C(C)(Cc1cccc(C#N)c1)C(=O)OCC. The smallest absolute Gasteiger partial charge is 0.323 e. The Morgan fingerprint density at radius 1 is 1.19 bits per heavy atom. The Hall–Kier alpha value is -2.35. The van der Waals surface area contributed by atoms with Gasteiger partial charge in [-0.3, -0.25) is 9.59 Å². The van der Waals surface area contributed by atoms with Gasteiger partial charge in [-0.05, 0) is 44.9 Å². The minimum Gasteiger partial charge on any atom is -0.465 e. The number of esters is 2. The number of nitrogens with zero attached hydrogens (tertiary/aromatic N) is 1. The van der Waals surface area contributed by atoms with Gasteiger partial charge in [-0.2, -0.15) is 5.26 Å². The molecule has 0 saturated heterocycles. The summed E-state index contributed by atoms with van der Waals surface area (Å²) in [4.78, 5) is 24.3. The van der Waals surface area contributed by atoms with Crippen LogP contribution < -0.4 is 0 Å². The van der Waals surface area contributed by atoms with Gasteiger partial charge < -0.3 is 9.47 Å². The standard InChI is InChI=1S/C16H19NO4/c1-4-20-14(18)16(3,15(19)21-5-2)10-12-7-6-8-13(9-12)11-17/h6-9H,4-5,10H2,1-3H3. The largest absolute Gasteiger partial charge is 0.465 e. The second kappa shape index (κ2) is 7.44. The zero-order chi connectivity index (χ0) is 15.9. The normalized spacial score (nSPS) is 10.6. The van der Waals surface area contributed by atoms with Crippen LogP contribution in [0, 0.1) is 16.7 Å². The van der Waals surface area contributed by atoms with E-state index in [1.54, 1.807) is 38.1 Å². The molecule has 0 aliphatic rings. The fourth-order valence-electron chi connectivity index (χ4n) is 1.97. The van der Waals surface area contributed by atoms with Gasteiger partial charge in [0.25, 0.3) is 0 Å². The van der Waals surface area contributed by atoms with Crippen LogP contribution in [0.2, 0.25) is 0 Å². The molecular weight excluding hydrogens is 270 g/mol. The van der Waals surface area contributed by atoms with Crippen LogP contribution >= 0.6 is 0 Å². The highest BCUT2D eigenvalue weighted by atomic mass is 16.6. The monoisotopic (exact) mass is 289 g/mol. The van der Waals surface area contributed by atoms with E-state index in [0.717, 1.165) is 0 Å². The van der Waals surface area contributed by atoms with Gasteiger partial charge in [0, 0.05) is 0 Å². The Kier molecular flexibility index (Phi) is 5.92. The van der Waals surface area contributed by atoms with Crippen molar-refractivity contribution in [2.24, 2.45) is 5.41 Å². The lowest BCUT2D eigenvalue weighted by Gasteiger charge is -2.25. The zero-order valence-electron chi connectivity index (χ0n) is 12.5. The van der Waals surface area contributed by atoms with Crippen LogP contribution in [0.5, 0.6) is 0 Å². The molecule has 5 nitrogen and oxygen atoms in total. The second-order valence-electron chi connectivity index (χ2n) is 4.76. The summed E-state index contributed by atoms with van der Waals surface area (Å²) in [5.41, 5.74) is -0.236. The Bertz CT molecular complexity index is 542. The summed E-state index contributed by atoms with van der Waals surface area (Å²) in [7, 11) is 0. The third-order valence-corrected chi connectivity index (χ3v) is 3.07. The first kappa shape index (κ1) is 16.7. The third kappa shape index (κ3) is 4.06. The van der Waals surface area contributed by atoms with Crippen molar-refractivity contribution in [3.8, 4) is 6.07 Å². The first-order chi connectivity index (χ1) is 9.97. The third-order valence-electron chi connectivity index (χ3n) is 3.07. The van der Waals surface area contributed by atoms with E-state index in [1.165, 1.54) is 6.92 Å². The summed E-state index contributed by atoms with van der Waals surface area (Å²) in [5.74, 6) is -1.24. The molecule has 0 aliphatic carbocycles. The molecule has 112 valence electrons. The molecule has 0 aromatic heterocycles. The second-order valence-corrected chi connectivity index (χ2v) is 4.76. The van der Waals surface area contributed by atoms with Crippen LogP contribution in [0.1, 0.15) is 31.9 Å². The maximum atomic E-state index is 12.2. The van der Waals surface area contributed by atoms with Crippen LogP contribution in [0.4, 0.5) is 0 Å². The highest BCUT2D eigenvalue weighted by molar-refractivity contribution is 5.99. The molecule has 0 atom stereocenters. The van der Waals surface area contributed by atoms with Gasteiger partial charge in [0.15, 0.2) is 5.41 Å². The number of hydrogen-bond acceptors (Lipinski definition) is 5. The van der Waals surface area contributed by atoms with Crippen molar-refractivity contribution in [2.75, 3.05) is 13.2 Å². The lowest BCUT2D eigenvalue weighted by atomic mass is 9.83. The minimum absolute atomic E-state index is 0.125. The van der Waals surface area contributed by atoms with Crippen molar-refractivity contribution in [1.29, 1.82) is 5.26 Å². The minimum atomic E-state index is -1.42. The number of carbonyl (C=O) groups excluding carboxylic acids is 2. The lowest BCUT2D eigenvalue weighted by molar-refractivity contribution is -0.170. The molecule has 0 saturated carbocycles. The van der Waals surface area contributed by atoms with Gasteiger partial charge in [0.1, 0.15) is 0 Å². The molecule has 0 heterocycles. The maximum Gasteiger partial charge on any atom is 0.323 e. The summed E-state index contributed by atoms with van der Waals surface area (Å²) in [5, 5.41) is 8.91. The van der Waals surface area contributed by atoms with E-state index in [1.807, 2.05) is 6.07 Å². The van der Waals surface area contributed by atoms with Crippen LogP contribution in [0.25, 0.3) is 0 Å². The lowest BCUT2D eigenvalue weighted by Crippen LogP contribution is -2.41. The average Bonchev–Trinajstić information content (AvgIpc) is 2.47. The molecule has 5 heteroatoms. The number of benzene rings is 1. The Morgan fingerprint density at radius 2 is 1.76 bits per heavy atom. The van der Waals surface area contributed by atoms with Crippen molar-refractivity contribution in [3.05, 3.63) is 35.4 Å². The van der Waals surface area contributed by atoms with Crippen LogP contribution in [0.3, 0.4) is 0 Å². The predicted molar refractivity (Wildman–Crippen MR) is 76.2 cm³/mol. The van der Waals surface area contributed by atoms with E-state index in [2.05, 4.69) is 0 Å². The van der Waals surface area contributed by atoms with E-state index >= 15 is 0 Å². The van der Waals surface area contributed by atoms with Crippen LogP contribution in [-0.2, 0) is 25.5 Å². The topological polar surface area (TPSA) is 76.4 Å². The molecule has 0 bridgehead atoms. The van der Waals surface area contributed by atoms with Gasteiger partial charge in [-0.1, -0.05) is 12.1 Å². The van der Waals surface area contributed by atoms with Gasteiger partial charge in [0.2, 0.25) is 0 Å². The number of hydrogen-bond donors (Lipinski definition) is 0. The van der Waals surface area contributed by atoms with E-state index in [-0.39, 0.29) is 19.6 Å². The quantitative estimate of drug-likeness (QED) is 0.593. The van der Waals surface area contributed by atoms with Gasteiger partial charge in [0.05, 0.1) is 24.8 Å². The summed E-state index contributed by atoms with van der Waals surface area (Å²) in [6, 6.07) is 8.82. The number of carbonyl (C=O) groups is 2. The molecule has 1 aromatic rings. The van der Waals surface area contributed by atoms with Gasteiger partial charge >= 0.3 is 11.9 Å². The molecule has 0 N–H and O–H groups in total. The molecule has 0 fully saturated rings. The molecule has 0 unspecified atom stereocenters. The maximum absolute atomic E-state index is 12.2. The molecule has 0 spiro atoms. The molecule has 1 aromatic carbocycles. The van der Waals surface area contributed by atoms with Crippen molar-refractivity contribution >= 4 is 11.9 Å². The Labute approximate surface area is 124 Å². The number of rotatable bonds is 6. The summed E-state index contributed by atoms with van der Waals surface area (Å²) >= 11 is 0. The molecule has 0 aliphatic heterocycles. The van der Waals surface area contributed by atoms with E-state index in [4.69, 9.17) is 14.7 Å². The number of nitriles is 1. The van der Waals surface area contributed by atoms with Crippen molar-refractivity contribution < 1.29 is 19.1 Å². The first-order valence-corrected chi connectivity index (χ1v) is 6.81. The molecular formula is C16H19NO4. The van der Waals surface area contributed by atoms with E-state index in [9.17, 15) is 9.59 Å². The van der Waals surface area contributed by atoms with Gasteiger partial charge in [-0.15, -0.1) is 0 Å². The van der Waals surface area contributed by atoms with E-state index < -0.39 is 17.4 Å². The van der Waals surface area contributed by atoms with Crippen molar-refractivity contribution in [1.82, 2.24) is 0 Å². The molecule has 1 rings (SSSR count). The van der Waals surface area contributed by atoms with Gasteiger partial charge in [-0.25, -0.2) is 0 Å². The molecule has 0 radical (unpaired) electrons. The number of ether oxygens (including phenoxy) is 2. The molecule has 21 heavy (non-hydrogen) atoms. The molecule has 0 amide bonds. The Balaban J connectivity index is 3.09. The van der Waals surface area contributed by atoms with Crippen LogP contribution in [-0.4, -0.2) is 25.2 Å². The van der Waals surface area contributed by atoms with Crippen molar-refractivity contribution in [2.45, 2.75) is 27.2 Å². The fraction of sp³-hybridized carbons (Fsp3) is 0.438. The highest BCUT2D eigenvalue weighted by Crippen LogP contribution is 2.27. The summed E-state index contributed by atoms with van der Waals surface area (Å²) in [6.45, 7) is 5.24. The predicted octanol–water partition coefficient (Wildman–Crippen LogP) is 2.23. The highest BCUT2D eigenvalue weighted by Gasteiger charge is 2.44.